The van der Waals surface area contributed by atoms with Crippen molar-refractivity contribution in [1.29, 1.82) is 0 Å². The Balaban J connectivity index is 1.64. The molecule has 0 saturated carbocycles. The molecule has 0 atom stereocenters. The average Bonchev–Trinajstić information content (AvgIpc) is 3.06. The standard InChI is InChI=1S/C22H24N2O5S/c1-15-6-4-5-7-18(15)12-23-21(25)14-30(26,27)13-20-16(2)29-22(24-20)17-8-10-19(28-3)11-9-17/h4-11H,12-14H2,1-3H3,(H,23,25). The number of hydrogen-bond acceptors (Lipinski definition) is 6. The summed E-state index contributed by atoms with van der Waals surface area (Å²) in [7, 11) is -2.13. The average molecular weight is 429 g/mol. The number of carbonyl (C=O) groups is 1. The van der Waals surface area contributed by atoms with Crippen molar-refractivity contribution in [1.82, 2.24) is 10.3 Å². The lowest BCUT2D eigenvalue weighted by Crippen LogP contribution is -2.30. The van der Waals surface area contributed by atoms with E-state index in [0.29, 0.717) is 28.7 Å². The number of amides is 1. The minimum atomic E-state index is -3.70. The van der Waals surface area contributed by atoms with E-state index in [0.717, 1.165) is 11.1 Å². The highest BCUT2D eigenvalue weighted by atomic mass is 32.2. The Morgan fingerprint density at radius 1 is 1.10 bits per heavy atom. The summed E-state index contributed by atoms with van der Waals surface area (Å²) in [6.45, 7) is 3.88. The number of ether oxygens (including phenoxy) is 1. The van der Waals surface area contributed by atoms with Crippen molar-refractivity contribution >= 4 is 15.7 Å². The van der Waals surface area contributed by atoms with Gasteiger partial charge < -0.3 is 14.5 Å². The van der Waals surface area contributed by atoms with Gasteiger partial charge in [0.15, 0.2) is 9.84 Å². The van der Waals surface area contributed by atoms with Gasteiger partial charge in [0.1, 0.15) is 17.3 Å². The van der Waals surface area contributed by atoms with E-state index in [1.54, 1.807) is 38.3 Å². The van der Waals surface area contributed by atoms with Crippen molar-refractivity contribution in [3.8, 4) is 17.2 Å². The molecule has 3 aromatic rings. The van der Waals surface area contributed by atoms with Gasteiger partial charge in [0.2, 0.25) is 11.8 Å². The van der Waals surface area contributed by atoms with Gasteiger partial charge in [-0.15, -0.1) is 0 Å². The van der Waals surface area contributed by atoms with Crippen LogP contribution in [-0.4, -0.2) is 32.2 Å². The zero-order chi connectivity index (χ0) is 21.7. The molecule has 8 heteroatoms. The molecule has 0 bridgehead atoms. The predicted molar refractivity (Wildman–Crippen MR) is 114 cm³/mol. The summed E-state index contributed by atoms with van der Waals surface area (Å²) in [5, 5.41) is 2.66. The molecule has 158 valence electrons. The first kappa shape index (κ1) is 21.6. The summed E-state index contributed by atoms with van der Waals surface area (Å²) in [6, 6.07) is 14.7. The quantitative estimate of drug-likeness (QED) is 0.592. The number of rotatable bonds is 8. The predicted octanol–water partition coefficient (Wildman–Crippen LogP) is 3.20. The van der Waals surface area contributed by atoms with Crippen molar-refractivity contribution in [2.24, 2.45) is 0 Å². The van der Waals surface area contributed by atoms with Crippen molar-refractivity contribution in [2.75, 3.05) is 12.9 Å². The second-order valence-electron chi connectivity index (χ2n) is 6.99. The Bertz CT molecular complexity index is 1130. The third kappa shape index (κ3) is 5.48. The van der Waals surface area contributed by atoms with Crippen LogP contribution in [-0.2, 0) is 26.9 Å². The fourth-order valence-corrected chi connectivity index (χ4v) is 4.22. The second kappa shape index (κ2) is 9.13. The first-order chi connectivity index (χ1) is 14.3. The van der Waals surface area contributed by atoms with Crippen LogP contribution in [0, 0.1) is 13.8 Å². The van der Waals surface area contributed by atoms with Gasteiger partial charge in [-0.25, -0.2) is 13.4 Å². The number of sulfone groups is 1. The van der Waals surface area contributed by atoms with Crippen molar-refractivity contribution in [3.63, 3.8) is 0 Å². The van der Waals surface area contributed by atoms with E-state index in [4.69, 9.17) is 9.15 Å². The van der Waals surface area contributed by atoms with E-state index in [9.17, 15) is 13.2 Å². The maximum Gasteiger partial charge on any atom is 0.235 e. The number of nitrogens with one attached hydrogen (secondary N) is 1. The Labute approximate surface area is 176 Å². The molecule has 0 fully saturated rings. The number of aromatic nitrogens is 1. The molecule has 1 aromatic heterocycles. The molecule has 2 aromatic carbocycles. The van der Waals surface area contributed by atoms with Gasteiger partial charge in [-0.2, -0.15) is 0 Å². The summed E-state index contributed by atoms with van der Waals surface area (Å²) in [5.41, 5.74) is 2.98. The third-order valence-corrected chi connectivity index (χ3v) is 6.09. The molecule has 1 amide bonds. The van der Waals surface area contributed by atoms with Gasteiger partial charge in [-0.1, -0.05) is 24.3 Å². The minimum Gasteiger partial charge on any atom is -0.497 e. The van der Waals surface area contributed by atoms with Gasteiger partial charge in [0.05, 0.1) is 18.6 Å². The van der Waals surface area contributed by atoms with Gasteiger partial charge in [0.25, 0.3) is 0 Å². The van der Waals surface area contributed by atoms with Crippen LogP contribution >= 0.6 is 0 Å². The van der Waals surface area contributed by atoms with Crippen LogP contribution in [0.25, 0.3) is 11.5 Å². The van der Waals surface area contributed by atoms with E-state index >= 15 is 0 Å². The van der Waals surface area contributed by atoms with Crippen LogP contribution in [0.3, 0.4) is 0 Å². The summed E-state index contributed by atoms with van der Waals surface area (Å²) in [4.78, 5) is 16.5. The van der Waals surface area contributed by atoms with Crippen LogP contribution in [0.1, 0.15) is 22.6 Å². The molecule has 7 nitrogen and oxygen atoms in total. The summed E-state index contributed by atoms with van der Waals surface area (Å²) < 4.78 is 35.8. The normalized spacial score (nSPS) is 11.3. The molecule has 0 spiro atoms. The zero-order valence-corrected chi connectivity index (χ0v) is 18.0. The van der Waals surface area contributed by atoms with Crippen LogP contribution in [0.5, 0.6) is 5.75 Å². The van der Waals surface area contributed by atoms with E-state index in [-0.39, 0.29) is 12.3 Å². The van der Waals surface area contributed by atoms with Crippen LogP contribution < -0.4 is 10.1 Å². The van der Waals surface area contributed by atoms with Crippen LogP contribution in [0.15, 0.2) is 52.9 Å². The van der Waals surface area contributed by atoms with Crippen LogP contribution in [0.4, 0.5) is 0 Å². The molecule has 0 aliphatic heterocycles. The lowest BCUT2D eigenvalue weighted by atomic mass is 10.1. The molecule has 30 heavy (non-hydrogen) atoms. The molecule has 0 unspecified atom stereocenters. The number of benzene rings is 2. The molecule has 1 N–H and O–H groups in total. The fraction of sp³-hybridized carbons (Fsp3) is 0.273. The first-order valence-electron chi connectivity index (χ1n) is 9.40. The number of aryl methyl sites for hydroxylation is 2. The molecule has 0 aliphatic carbocycles. The highest BCUT2D eigenvalue weighted by Crippen LogP contribution is 2.25. The molecule has 1 heterocycles. The number of oxazole rings is 1. The van der Waals surface area contributed by atoms with Crippen molar-refractivity contribution < 1.29 is 22.4 Å². The summed E-state index contributed by atoms with van der Waals surface area (Å²) in [5.74, 6) is -0.0929. The number of hydrogen-bond donors (Lipinski definition) is 1. The van der Waals surface area contributed by atoms with Gasteiger partial charge in [0, 0.05) is 12.1 Å². The minimum absolute atomic E-state index is 0.283. The van der Waals surface area contributed by atoms with E-state index in [1.165, 1.54) is 0 Å². The maximum absolute atomic E-state index is 12.5. The monoisotopic (exact) mass is 428 g/mol. The zero-order valence-electron chi connectivity index (χ0n) is 17.1. The van der Waals surface area contributed by atoms with E-state index in [1.807, 2.05) is 31.2 Å². The smallest absolute Gasteiger partial charge is 0.235 e. The molecular weight excluding hydrogens is 404 g/mol. The SMILES string of the molecule is COc1ccc(-c2nc(CS(=O)(=O)CC(=O)NCc3ccccc3C)c(C)o2)cc1. The lowest BCUT2D eigenvalue weighted by Gasteiger charge is -2.08. The molecule has 0 saturated heterocycles. The van der Waals surface area contributed by atoms with Gasteiger partial charge >= 0.3 is 0 Å². The van der Waals surface area contributed by atoms with Gasteiger partial charge in [-0.3, -0.25) is 4.79 Å². The Kier molecular flexibility index (Phi) is 6.56. The summed E-state index contributed by atoms with van der Waals surface area (Å²) in [6.07, 6.45) is 0. The van der Waals surface area contributed by atoms with Crippen molar-refractivity contribution in [2.45, 2.75) is 26.1 Å². The highest BCUT2D eigenvalue weighted by Gasteiger charge is 2.22. The van der Waals surface area contributed by atoms with Crippen molar-refractivity contribution in [3.05, 3.63) is 71.1 Å². The molecule has 0 radical (unpaired) electrons. The largest absolute Gasteiger partial charge is 0.497 e. The van der Waals surface area contributed by atoms with Gasteiger partial charge in [-0.05, 0) is 49.2 Å². The maximum atomic E-state index is 12.5. The third-order valence-electron chi connectivity index (χ3n) is 4.67. The van der Waals surface area contributed by atoms with E-state index < -0.39 is 21.5 Å². The topological polar surface area (TPSA) is 98.5 Å². The highest BCUT2D eigenvalue weighted by molar-refractivity contribution is 7.91. The second-order valence-corrected chi connectivity index (χ2v) is 9.05. The first-order valence-corrected chi connectivity index (χ1v) is 11.2. The molecule has 3 rings (SSSR count). The lowest BCUT2D eigenvalue weighted by molar-refractivity contribution is -0.118. The Hall–Kier alpha value is -3.13. The summed E-state index contributed by atoms with van der Waals surface area (Å²) >= 11 is 0. The number of methoxy groups -OCH3 is 1. The molecule has 0 aliphatic rings. The van der Waals surface area contributed by atoms with Crippen LogP contribution in [0.2, 0.25) is 0 Å². The fourth-order valence-electron chi connectivity index (χ4n) is 2.93. The molecular formula is C22H24N2O5S. The van der Waals surface area contributed by atoms with E-state index in [2.05, 4.69) is 10.3 Å². The Morgan fingerprint density at radius 2 is 1.80 bits per heavy atom. The number of nitrogens with zero attached hydrogens (tertiary/aromatic N) is 1. The number of carbonyl (C=O) groups excluding carboxylic acids is 1. The Morgan fingerprint density at radius 3 is 2.47 bits per heavy atom.